The van der Waals surface area contributed by atoms with Crippen LogP contribution in [0.25, 0.3) is 0 Å². The van der Waals surface area contributed by atoms with E-state index in [2.05, 4.69) is 29.7 Å². The molecule has 0 spiro atoms. The summed E-state index contributed by atoms with van der Waals surface area (Å²) in [7, 11) is 0. The van der Waals surface area contributed by atoms with Crippen LogP contribution in [0, 0.1) is 0 Å². The van der Waals surface area contributed by atoms with Gasteiger partial charge in [0.1, 0.15) is 18.6 Å². The number of thioether (sulfide) groups is 1. The Balaban J connectivity index is 4.22. The lowest BCUT2D eigenvalue weighted by atomic mass is 10.1. The van der Waals surface area contributed by atoms with Gasteiger partial charge in [-0.25, -0.2) is 0 Å². The van der Waals surface area contributed by atoms with Gasteiger partial charge in [0.05, 0.1) is 0 Å². The van der Waals surface area contributed by atoms with Crippen LogP contribution in [-0.2, 0) is 24.0 Å². The molecule has 37 heavy (non-hydrogen) atoms. The molecule has 0 heterocycles. The number of carbonyl (C=O) groups excluding carboxylic acids is 3. The minimum Gasteiger partial charge on any atom is -0.480 e. The molecule has 0 aliphatic carbocycles. The number of rotatable bonds is 23. The minimum absolute atomic E-state index is 0.0498. The Bertz CT molecular complexity index is 731. The van der Waals surface area contributed by atoms with Gasteiger partial charge in [-0.05, 0) is 38.5 Å². The monoisotopic (exact) mass is 543 g/mol. The molecule has 0 saturated heterocycles. The second-order valence-corrected chi connectivity index (χ2v) is 10.1. The van der Waals surface area contributed by atoms with E-state index in [9.17, 15) is 24.0 Å². The number of hydrogen-bond acceptors (Lipinski definition) is 7. The average molecular weight is 544 g/mol. The molecule has 2 unspecified atom stereocenters. The van der Waals surface area contributed by atoms with Crippen LogP contribution in [0.3, 0.4) is 0 Å². The van der Waals surface area contributed by atoms with Crippen LogP contribution in [0.4, 0.5) is 0 Å². The van der Waals surface area contributed by atoms with E-state index in [1.165, 1.54) is 25.7 Å². The van der Waals surface area contributed by atoms with Crippen molar-refractivity contribution in [2.45, 2.75) is 109 Å². The SMILES string of the molecule is CCCCCCC=CCCCCCCCC(=O)SCC(NC(=O)CCC(N)C(=O)O)C(=O)NCC(=O)O. The zero-order valence-electron chi connectivity index (χ0n) is 22.0. The molecule has 0 aliphatic rings. The third-order valence-electron chi connectivity index (χ3n) is 5.62. The Kier molecular flexibility index (Phi) is 21.3. The highest BCUT2D eigenvalue weighted by atomic mass is 32.2. The van der Waals surface area contributed by atoms with Crippen LogP contribution in [-0.4, -0.2) is 63.5 Å². The van der Waals surface area contributed by atoms with Crippen molar-refractivity contribution < 1.29 is 34.2 Å². The summed E-state index contributed by atoms with van der Waals surface area (Å²) in [5.41, 5.74) is 5.38. The number of carbonyl (C=O) groups is 5. The number of hydrogen-bond donors (Lipinski definition) is 5. The summed E-state index contributed by atoms with van der Waals surface area (Å²) in [6, 6.07) is -2.33. The molecule has 0 aromatic rings. The molecule has 2 atom stereocenters. The number of nitrogens with one attached hydrogen (secondary N) is 2. The molecular weight excluding hydrogens is 498 g/mol. The summed E-state index contributed by atoms with van der Waals surface area (Å²) in [4.78, 5) is 58.2. The highest BCUT2D eigenvalue weighted by Crippen LogP contribution is 2.14. The number of nitrogens with two attached hydrogens (primary N) is 1. The molecule has 11 heteroatoms. The Morgan fingerprint density at radius 2 is 1.46 bits per heavy atom. The van der Waals surface area contributed by atoms with Gasteiger partial charge in [0.25, 0.3) is 0 Å². The molecule has 0 bridgehead atoms. The maximum atomic E-state index is 12.3. The van der Waals surface area contributed by atoms with Gasteiger partial charge in [-0.15, -0.1) is 0 Å². The molecule has 0 fully saturated rings. The topological polar surface area (TPSA) is 176 Å². The lowest BCUT2D eigenvalue weighted by Crippen LogP contribution is -2.49. The highest BCUT2D eigenvalue weighted by molar-refractivity contribution is 8.13. The lowest BCUT2D eigenvalue weighted by Gasteiger charge is -2.18. The zero-order chi connectivity index (χ0) is 27.9. The molecule has 2 amide bonds. The summed E-state index contributed by atoms with van der Waals surface area (Å²) in [6.07, 6.45) is 16.9. The number of amides is 2. The van der Waals surface area contributed by atoms with Crippen molar-refractivity contribution in [2.24, 2.45) is 5.73 Å². The predicted molar refractivity (Wildman–Crippen MR) is 145 cm³/mol. The molecule has 0 aromatic heterocycles. The van der Waals surface area contributed by atoms with E-state index in [0.717, 1.165) is 56.7 Å². The first kappa shape index (κ1) is 34.6. The molecule has 6 N–H and O–H groups in total. The van der Waals surface area contributed by atoms with Crippen molar-refractivity contribution in [3.05, 3.63) is 12.2 Å². The first-order chi connectivity index (χ1) is 17.7. The maximum Gasteiger partial charge on any atom is 0.322 e. The molecule has 0 saturated carbocycles. The standard InChI is InChI=1S/C26H45N3O7S/c1-2-3-4-5-6-7-8-9-10-11-12-13-14-15-24(33)37-19-21(25(34)28-18-23(31)32)29-22(30)17-16-20(27)26(35)36/h7-8,20-21H,2-6,9-19,27H2,1H3,(H,28,34)(H,29,30)(H,31,32)(H,35,36). The first-order valence-electron chi connectivity index (χ1n) is 13.2. The van der Waals surface area contributed by atoms with Crippen LogP contribution in [0.2, 0.25) is 0 Å². The Hall–Kier alpha value is -2.40. The van der Waals surface area contributed by atoms with Crippen LogP contribution in [0.5, 0.6) is 0 Å². The third kappa shape index (κ3) is 21.4. The minimum atomic E-state index is -1.24. The summed E-state index contributed by atoms with van der Waals surface area (Å²) in [5, 5.41) is 22.1. The number of carboxylic acid groups (broad SMARTS) is 2. The number of unbranched alkanes of at least 4 members (excludes halogenated alkanes) is 9. The zero-order valence-corrected chi connectivity index (χ0v) is 22.9. The fourth-order valence-corrected chi connectivity index (χ4v) is 4.26. The van der Waals surface area contributed by atoms with Crippen LogP contribution >= 0.6 is 11.8 Å². The molecule has 0 aliphatic heterocycles. The smallest absolute Gasteiger partial charge is 0.322 e. The quantitative estimate of drug-likeness (QED) is 0.0955. The molecule has 212 valence electrons. The van der Waals surface area contributed by atoms with Gasteiger partial charge >= 0.3 is 11.9 Å². The van der Waals surface area contributed by atoms with Crippen molar-refractivity contribution in [1.29, 1.82) is 0 Å². The number of allylic oxidation sites excluding steroid dienone is 2. The average Bonchev–Trinajstić information content (AvgIpc) is 2.86. The van der Waals surface area contributed by atoms with Crippen molar-refractivity contribution in [2.75, 3.05) is 12.3 Å². The van der Waals surface area contributed by atoms with E-state index >= 15 is 0 Å². The van der Waals surface area contributed by atoms with Gasteiger partial charge < -0.3 is 26.6 Å². The van der Waals surface area contributed by atoms with E-state index in [-0.39, 0.29) is 23.7 Å². The molecule has 10 nitrogen and oxygen atoms in total. The van der Waals surface area contributed by atoms with Gasteiger partial charge in [0.15, 0.2) is 5.12 Å². The fraction of sp³-hybridized carbons (Fsp3) is 0.731. The largest absolute Gasteiger partial charge is 0.480 e. The van der Waals surface area contributed by atoms with Crippen LogP contribution in [0.15, 0.2) is 12.2 Å². The summed E-state index contributed by atoms with van der Waals surface area (Å²) >= 11 is 0.913. The molecule has 0 rings (SSSR count). The van der Waals surface area contributed by atoms with Crippen molar-refractivity contribution in [1.82, 2.24) is 10.6 Å². The van der Waals surface area contributed by atoms with E-state index in [0.29, 0.717) is 6.42 Å². The normalized spacial score (nSPS) is 12.7. The van der Waals surface area contributed by atoms with Crippen LogP contribution < -0.4 is 16.4 Å². The van der Waals surface area contributed by atoms with Crippen molar-refractivity contribution >= 4 is 40.6 Å². The Morgan fingerprint density at radius 3 is 2.05 bits per heavy atom. The van der Waals surface area contributed by atoms with Crippen molar-refractivity contribution in [3.63, 3.8) is 0 Å². The summed E-state index contributed by atoms with van der Waals surface area (Å²) < 4.78 is 0. The van der Waals surface area contributed by atoms with E-state index < -0.39 is 42.4 Å². The van der Waals surface area contributed by atoms with E-state index in [4.69, 9.17) is 15.9 Å². The third-order valence-corrected chi connectivity index (χ3v) is 6.64. The van der Waals surface area contributed by atoms with E-state index in [1.807, 2.05) is 0 Å². The first-order valence-corrected chi connectivity index (χ1v) is 14.2. The van der Waals surface area contributed by atoms with Crippen LogP contribution in [0.1, 0.15) is 96.8 Å². The van der Waals surface area contributed by atoms with Gasteiger partial charge in [-0.3, -0.25) is 24.0 Å². The summed E-state index contributed by atoms with van der Waals surface area (Å²) in [5.74, 6) is -3.87. The van der Waals surface area contributed by atoms with E-state index in [1.54, 1.807) is 0 Å². The second-order valence-electron chi connectivity index (χ2n) is 9.03. The molecular formula is C26H45N3O7S. The maximum absolute atomic E-state index is 12.3. The summed E-state index contributed by atoms with van der Waals surface area (Å²) in [6.45, 7) is 1.59. The fourth-order valence-electron chi connectivity index (χ4n) is 3.38. The molecule has 0 aromatic carbocycles. The lowest BCUT2D eigenvalue weighted by molar-refractivity contribution is -0.139. The second kappa shape index (κ2) is 22.8. The van der Waals surface area contributed by atoms with Gasteiger partial charge in [-0.1, -0.05) is 69.4 Å². The highest BCUT2D eigenvalue weighted by Gasteiger charge is 2.23. The molecule has 0 radical (unpaired) electrons. The Morgan fingerprint density at radius 1 is 0.865 bits per heavy atom. The van der Waals surface area contributed by atoms with Gasteiger partial charge in [0.2, 0.25) is 11.8 Å². The number of aliphatic carboxylic acids is 2. The van der Waals surface area contributed by atoms with Crippen molar-refractivity contribution in [3.8, 4) is 0 Å². The number of carboxylic acids is 2. The van der Waals surface area contributed by atoms with Gasteiger partial charge in [-0.2, -0.15) is 0 Å². The Labute approximate surface area is 224 Å². The predicted octanol–water partition coefficient (Wildman–Crippen LogP) is 3.38. The van der Waals surface area contributed by atoms with Gasteiger partial charge in [0, 0.05) is 18.6 Å².